The van der Waals surface area contributed by atoms with Crippen molar-refractivity contribution < 1.29 is 9.18 Å². The fourth-order valence-electron chi connectivity index (χ4n) is 3.59. The van der Waals surface area contributed by atoms with Gasteiger partial charge in [-0.15, -0.1) is 0 Å². The molecular formula is C19H26FN3O. The Balaban J connectivity index is 1.51. The van der Waals surface area contributed by atoms with Gasteiger partial charge in [-0.2, -0.15) is 0 Å². The number of likely N-dealkylation sites (tertiary alicyclic amines) is 1. The number of amides is 1. The van der Waals surface area contributed by atoms with Gasteiger partial charge in [-0.3, -0.25) is 4.79 Å². The van der Waals surface area contributed by atoms with Crippen molar-refractivity contribution in [3.63, 3.8) is 0 Å². The predicted molar refractivity (Wildman–Crippen MR) is 94.8 cm³/mol. The first-order chi connectivity index (χ1) is 11.5. The zero-order valence-electron chi connectivity index (χ0n) is 14.5. The van der Waals surface area contributed by atoms with Gasteiger partial charge in [0.25, 0.3) is 5.91 Å². The molecule has 0 aliphatic carbocycles. The van der Waals surface area contributed by atoms with Crippen molar-refractivity contribution in [3.05, 3.63) is 35.3 Å². The number of hydrogen-bond acceptors (Lipinski definition) is 2. The number of aromatic nitrogens is 1. The zero-order chi connectivity index (χ0) is 17.1. The Kier molecular flexibility index (Phi) is 5.19. The topological polar surface area (TPSA) is 48.1 Å². The van der Waals surface area contributed by atoms with Crippen LogP contribution in [0.3, 0.4) is 0 Å². The molecule has 0 spiro atoms. The summed E-state index contributed by atoms with van der Waals surface area (Å²) in [5.41, 5.74) is 1.99. The maximum atomic E-state index is 13.4. The average molecular weight is 331 g/mol. The molecule has 1 aromatic carbocycles. The fourth-order valence-corrected chi connectivity index (χ4v) is 3.59. The maximum Gasteiger partial charge on any atom is 0.267 e. The predicted octanol–water partition coefficient (Wildman–Crippen LogP) is 3.47. The Morgan fingerprint density at radius 2 is 2.25 bits per heavy atom. The van der Waals surface area contributed by atoms with Gasteiger partial charge in [0.2, 0.25) is 0 Å². The van der Waals surface area contributed by atoms with E-state index in [0.29, 0.717) is 17.8 Å². The minimum atomic E-state index is -0.287. The van der Waals surface area contributed by atoms with Crippen molar-refractivity contribution in [2.75, 3.05) is 26.2 Å². The number of halogens is 1. The van der Waals surface area contributed by atoms with Gasteiger partial charge < -0.3 is 15.2 Å². The van der Waals surface area contributed by atoms with Crippen LogP contribution in [0.5, 0.6) is 0 Å². The van der Waals surface area contributed by atoms with Crippen molar-refractivity contribution >= 4 is 16.8 Å². The molecule has 1 aliphatic rings. The van der Waals surface area contributed by atoms with Gasteiger partial charge >= 0.3 is 0 Å². The maximum absolute atomic E-state index is 13.4. The Hall–Kier alpha value is -1.88. The SMILES string of the molecule is Cc1cc(F)cc2[nH]c(C(=O)NCCCN3CCCC(C)C3)cc12. The molecule has 0 bridgehead atoms. The number of hydrogen-bond donors (Lipinski definition) is 2. The van der Waals surface area contributed by atoms with Gasteiger partial charge in [0.1, 0.15) is 11.5 Å². The van der Waals surface area contributed by atoms with E-state index in [2.05, 4.69) is 22.1 Å². The molecule has 0 saturated carbocycles. The van der Waals surface area contributed by atoms with Crippen LogP contribution in [0.25, 0.3) is 10.9 Å². The van der Waals surface area contributed by atoms with E-state index in [1.807, 2.05) is 6.92 Å². The smallest absolute Gasteiger partial charge is 0.267 e. The molecule has 0 radical (unpaired) electrons. The summed E-state index contributed by atoms with van der Waals surface area (Å²) in [6.07, 6.45) is 3.55. The highest BCUT2D eigenvalue weighted by Crippen LogP contribution is 2.21. The average Bonchev–Trinajstić information content (AvgIpc) is 2.96. The molecule has 1 unspecified atom stereocenters. The highest BCUT2D eigenvalue weighted by molar-refractivity contribution is 5.98. The monoisotopic (exact) mass is 331 g/mol. The highest BCUT2D eigenvalue weighted by Gasteiger charge is 2.16. The van der Waals surface area contributed by atoms with Crippen LogP contribution in [0.15, 0.2) is 18.2 Å². The van der Waals surface area contributed by atoms with E-state index in [-0.39, 0.29) is 11.7 Å². The number of aryl methyl sites for hydroxylation is 1. The van der Waals surface area contributed by atoms with Crippen LogP contribution >= 0.6 is 0 Å². The Labute approximate surface area is 142 Å². The Bertz CT molecular complexity index is 725. The molecule has 3 rings (SSSR count). The van der Waals surface area contributed by atoms with Crippen molar-refractivity contribution in [1.82, 2.24) is 15.2 Å². The van der Waals surface area contributed by atoms with E-state index < -0.39 is 0 Å². The van der Waals surface area contributed by atoms with Crippen LogP contribution in [-0.4, -0.2) is 42.0 Å². The molecule has 2 N–H and O–H groups in total. The lowest BCUT2D eigenvalue weighted by atomic mass is 10.0. The third kappa shape index (κ3) is 3.96. The lowest BCUT2D eigenvalue weighted by Crippen LogP contribution is -2.36. The van der Waals surface area contributed by atoms with Gasteiger partial charge in [-0.25, -0.2) is 4.39 Å². The summed E-state index contributed by atoms with van der Waals surface area (Å²) < 4.78 is 13.4. The third-order valence-electron chi connectivity index (χ3n) is 4.83. The lowest BCUT2D eigenvalue weighted by Gasteiger charge is -2.30. The number of carbonyl (C=O) groups is 1. The molecule has 1 atom stereocenters. The van der Waals surface area contributed by atoms with E-state index >= 15 is 0 Å². The van der Waals surface area contributed by atoms with Gasteiger partial charge in [-0.1, -0.05) is 6.92 Å². The minimum absolute atomic E-state index is 0.127. The number of nitrogens with zero attached hydrogens (tertiary/aromatic N) is 1. The van der Waals surface area contributed by atoms with Crippen LogP contribution in [0, 0.1) is 18.7 Å². The summed E-state index contributed by atoms with van der Waals surface area (Å²) in [6, 6.07) is 4.71. The largest absolute Gasteiger partial charge is 0.351 e. The number of carbonyl (C=O) groups excluding carboxylic acids is 1. The van der Waals surface area contributed by atoms with Crippen molar-refractivity contribution in [3.8, 4) is 0 Å². The molecular weight excluding hydrogens is 305 g/mol. The van der Waals surface area contributed by atoms with Gasteiger partial charge in [0.05, 0.1) is 0 Å². The Morgan fingerprint density at radius 1 is 1.42 bits per heavy atom. The van der Waals surface area contributed by atoms with Gasteiger partial charge in [-0.05, 0) is 69.0 Å². The van der Waals surface area contributed by atoms with E-state index in [4.69, 9.17) is 0 Å². The molecule has 1 fully saturated rings. The molecule has 1 aliphatic heterocycles. The standard InChI is InChI=1S/C19H26FN3O/c1-13-5-3-7-23(12-13)8-4-6-21-19(24)18-11-16-14(2)9-15(20)10-17(16)22-18/h9-11,13,22H,3-8,12H2,1-2H3,(H,21,24). The number of rotatable bonds is 5. The molecule has 24 heavy (non-hydrogen) atoms. The molecule has 2 aromatic rings. The second-order valence-corrected chi connectivity index (χ2v) is 7.02. The first kappa shape index (κ1) is 17.0. The number of fused-ring (bicyclic) bond motifs is 1. The normalized spacial score (nSPS) is 18.9. The summed E-state index contributed by atoms with van der Waals surface area (Å²) >= 11 is 0. The van der Waals surface area contributed by atoms with E-state index in [1.54, 1.807) is 6.07 Å². The van der Waals surface area contributed by atoms with Crippen molar-refractivity contribution in [2.45, 2.75) is 33.1 Å². The molecule has 4 nitrogen and oxygen atoms in total. The van der Waals surface area contributed by atoms with Crippen LogP contribution in [0.4, 0.5) is 4.39 Å². The fraction of sp³-hybridized carbons (Fsp3) is 0.526. The van der Waals surface area contributed by atoms with Crippen molar-refractivity contribution in [1.29, 1.82) is 0 Å². The van der Waals surface area contributed by atoms with E-state index in [1.165, 1.54) is 38.1 Å². The third-order valence-corrected chi connectivity index (χ3v) is 4.83. The summed E-state index contributed by atoms with van der Waals surface area (Å²) in [6.45, 7) is 8.18. The first-order valence-corrected chi connectivity index (χ1v) is 8.82. The molecule has 130 valence electrons. The molecule has 2 heterocycles. The number of benzene rings is 1. The van der Waals surface area contributed by atoms with E-state index in [9.17, 15) is 9.18 Å². The molecule has 1 amide bonds. The number of nitrogens with one attached hydrogen (secondary N) is 2. The molecule has 5 heteroatoms. The van der Waals surface area contributed by atoms with Crippen LogP contribution in [0.2, 0.25) is 0 Å². The molecule has 1 saturated heterocycles. The number of aromatic amines is 1. The second-order valence-electron chi connectivity index (χ2n) is 7.02. The number of piperidine rings is 1. The highest BCUT2D eigenvalue weighted by atomic mass is 19.1. The zero-order valence-corrected chi connectivity index (χ0v) is 14.5. The molecule has 1 aromatic heterocycles. The summed E-state index contributed by atoms with van der Waals surface area (Å²) in [5, 5.41) is 3.85. The summed E-state index contributed by atoms with van der Waals surface area (Å²) in [7, 11) is 0. The van der Waals surface area contributed by atoms with Crippen LogP contribution in [-0.2, 0) is 0 Å². The lowest BCUT2D eigenvalue weighted by molar-refractivity contribution is 0.0946. The van der Waals surface area contributed by atoms with E-state index in [0.717, 1.165) is 29.8 Å². The first-order valence-electron chi connectivity index (χ1n) is 8.82. The van der Waals surface area contributed by atoms with Crippen LogP contribution < -0.4 is 5.32 Å². The van der Waals surface area contributed by atoms with Crippen molar-refractivity contribution in [2.24, 2.45) is 5.92 Å². The van der Waals surface area contributed by atoms with Gasteiger partial charge in [0, 0.05) is 24.0 Å². The quantitative estimate of drug-likeness (QED) is 0.824. The summed E-state index contributed by atoms with van der Waals surface area (Å²) in [5.74, 6) is 0.367. The summed E-state index contributed by atoms with van der Waals surface area (Å²) in [4.78, 5) is 17.8. The Morgan fingerprint density at radius 3 is 3.04 bits per heavy atom. The second kappa shape index (κ2) is 7.34. The van der Waals surface area contributed by atoms with Crippen LogP contribution in [0.1, 0.15) is 42.2 Å². The van der Waals surface area contributed by atoms with Gasteiger partial charge in [0.15, 0.2) is 0 Å². The number of H-pyrrole nitrogens is 1. The minimum Gasteiger partial charge on any atom is -0.351 e.